The van der Waals surface area contributed by atoms with Crippen molar-refractivity contribution in [3.63, 3.8) is 0 Å². The molecule has 0 aliphatic carbocycles. The first-order valence-electron chi connectivity index (χ1n) is 5.40. The molecule has 2 rings (SSSR count). The van der Waals surface area contributed by atoms with Crippen molar-refractivity contribution < 1.29 is 22.7 Å². The van der Waals surface area contributed by atoms with E-state index in [2.05, 4.69) is 4.74 Å². The Kier molecular flexibility index (Phi) is 3.34. The van der Waals surface area contributed by atoms with Gasteiger partial charge in [0, 0.05) is 0 Å². The molecule has 1 aliphatic rings. The Balaban J connectivity index is 2.52. The van der Waals surface area contributed by atoms with Gasteiger partial charge in [-0.15, -0.1) is 0 Å². The molecule has 1 aromatic carbocycles. The van der Waals surface area contributed by atoms with E-state index in [-0.39, 0.29) is 9.80 Å². The Labute approximate surface area is 110 Å². The smallest absolute Gasteiger partial charge is 0.328 e. The molecular weight excluding hydrogens is 270 g/mol. The van der Waals surface area contributed by atoms with Gasteiger partial charge in [-0.1, -0.05) is 0 Å². The maximum absolute atomic E-state index is 12.2. The zero-order chi connectivity index (χ0) is 14.2. The fourth-order valence-electron chi connectivity index (χ4n) is 1.87. The zero-order valence-corrected chi connectivity index (χ0v) is 11.2. The molecule has 2 N–H and O–H groups in total. The van der Waals surface area contributed by atoms with Crippen molar-refractivity contribution in [1.29, 1.82) is 0 Å². The van der Waals surface area contributed by atoms with Crippen LogP contribution in [0.15, 0.2) is 28.0 Å². The summed E-state index contributed by atoms with van der Waals surface area (Å²) in [6.07, 6.45) is 1.37. The lowest BCUT2D eigenvalue weighted by molar-refractivity contribution is -0.141. The molecule has 1 aliphatic heterocycles. The van der Waals surface area contributed by atoms with E-state index in [1.165, 1.54) is 25.3 Å². The molecule has 0 aromatic heterocycles. The second-order valence-electron chi connectivity index (χ2n) is 3.95. The third-order valence-electron chi connectivity index (χ3n) is 2.88. The fourth-order valence-corrected chi connectivity index (χ4v) is 3.51. The predicted molar refractivity (Wildman–Crippen MR) is 68.1 cm³/mol. The van der Waals surface area contributed by atoms with Crippen molar-refractivity contribution in [3.8, 4) is 5.75 Å². The van der Waals surface area contributed by atoms with Crippen molar-refractivity contribution in [1.82, 2.24) is 0 Å². The number of carbonyl (C=O) groups is 1. The minimum Gasteiger partial charge on any atom is -0.497 e. The Morgan fingerprint density at radius 2 is 2.00 bits per heavy atom. The lowest BCUT2D eigenvalue weighted by Gasteiger charge is -2.10. The number of methoxy groups -OCH3 is 2. The molecule has 7 heteroatoms. The van der Waals surface area contributed by atoms with Gasteiger partial charge >= 0.3 is 5.97 Å². The van der Waals surface area contributed by atoms with E-state index in [1.54, 1.807) is 6.07 Å². The largest absolute Gasteiger partial charge is 0.497 e. The second kappa shape index (κ2) is 4.67. The molecule has 0 bridgehead atoms. The first-order chi connectivity index (χ1) is 8.91. The minimum absolute atomic E-state index is 0.114. The van der Waals surface area contributed by atoms with Gasteiger partial charge in [0.15, 0.2) is 0 Å². The van der Waals surface area contributed by atoms with Gasteiger partial charge in [-0.25, -0.2) is 13.2 Å². The van der Waals surface area contributed by atoms with Gasteiger partial charge in [-0.05, 0) is 29.8 Å². The summed E-state index contributed by atoms with van der Waals surface area (Å²) in [5.74, 6) is -0.271. The minimum atomic E-state index is -3.75. The molecule has 0 radical (unpaired) electrons. The number of sulfone groups is 1. The Morgan fingerprint density at radius 1 is 1.32 bits per heavy atom. The van der Waals surface area contributed by atoms with Gasteiger partial charge < -0.3 is 15.2 Å². The summed E-state index contributed by atoms with van der Waals surface area (Å²) in [5.41, 5.74) is 6.06. The highest BCUT2D eigenvalue weighted by atomic mass is 32.2. The summed E-state index contributed by atoms with van der Waals surface area (Å²) < 4.78 is 34.0. The van der Waals surface area contributed by atoms with Crippen LogP contribution in [-0.2, 0) is 19.4 Å². The highest BCUT2D eigenvalue weighted by Crippen LogP contribution is 2.36. The molecule has 1 atom stereocenters. The quantitative estimate of drug-likeness (QED) is 0.803. The van der Waals surface area contributed by atoms with Crippen molar-refractivity contribution in [3.05, 3.63) is 28.7 Å². The zero-order valence-electron chi connectivity index (χ0n) is 10.4. The number of ether oxygens (including phenoxy) is 2. The first kappa shape index (κ1) is 13.6. The van der Waals surface area contributed by atoms with Crippen LogP contribution in [0.3, 0.4) is 0 Å². The van der Waals surface area contributed by atoms with E-state index >= 15 is 0 Å². The number of fused-ring (bicyclic) bond motifs is 1. The van der Waals surface area contributed by atoms with E-state index in [9.17, 15) is 13.2 Å². The molecular formula is C12H13NO5S. The number of esters is 1. The van der Waals surface area contributed by atoms with Gasteiger partial charge in [0.05, 0.1) is 24.0 Å². The monoisotopic (exact) mass is 283 g/mol. The number of carbonyl (C=O) groups excluding carboxylic acids is 1. The average molecular weight is 283 g/mol. The summed E-state index contributed by atoms with van der Waals surface area (Å²) in [6.45, 7) is 0. The van der Waals surface area contributed by atoms with Crippen LogP contribution in [-0.4, -0.2) is 34.6 Å². The Morgan fingerprint density at radius 3 is 2.58 bits per heavy atom. The number of hydrogen-bond donors (Lipinski definition) is 1. The molecule has 102 valence electrons. The summed E-state index contributed by atoms with van der Waals surface area (Å²) >= 11 is 0. The third kappa shape index (κ3) is 2.11. The molecule has 0 saturated heterocycles. The number of hydrogen-bond acceptors (Lipinski definition) is 6. The van der Waals surface area contributed by atoms with Crippen molar-refractivity contribution in [2.24, 2.45) is 5.73 Å². The van der Waals surface area contributed by atoms with E-state index in [0.29, 0.717) is 11.3 Å². The van der Waals surface area contributed by atoms with Crippen LogP contribution in [0.5, 0.6) is 5.75 Å². The van der Waals surface area contributed by atoms with Gasteiger partial charge in [0.1, 0.15) is 11.8 Å². The van der Waals surface area contributed by atoms with E-state index in [1.807, 2.05) is 0 Å². The second-order valence-corrected chi connectivity index (χ2v) is 5.87. The van der Waals surface area contributed by atoms with Crippen LogP contribution in [0.1, 0.15) is 5.56 Å². The Bertz CT molecular complexity index is 663. The summed E-state index contributed by atoms with van der Waals surface area (Å²) in [6, 6.07) is 3.21. The van der Waals surface area contributed by atoms with Crippen LogP contribution < -0.4 is 10.5 Å². The maximum atomic E-state index is 12.2. The van der Waals surface area contributed by atoms with Crippen molar-refractivity contribution in [2.45, 2.75) is 10.9 Å². The van der Waals surface area contributed by atoms with Gasteiger partial charge in [0.2, 0.25) is 9.84 Å². The summed E-state index contributed by atoms with van der Waals surface area (Å²) in [5, 5.41) is 0. The first-order valence-corrected chi connectivity index (χ1v) is 6.88. The standard InChI is InChI=1S/C12H13NO5S/c1-17-8-3-4-9-7(5-8)6-10(19(9,15)16)11(13)12(14)18-2/h3-6,11H,13H2,1-2H3. The van der Waals surface area contributed by atoms with Gasteiger partial charge in [-0.2, -0.15) is 0 Å². The van der Waals surface area contributed by atoms with E-state index < -0.39 is 21.8 Å². The van der Waals surface area contributed by atoms with Crippen LogP contribution in [0.4, 0.5) is 0 Å². The molecule has 1 heterocycles. The molecule has 0 amide bonds. The average Bonchev–Trinajstić information content (AvgIpc) is 2.68. The highest BCUT2D eigenvalue weighted by molar-refractivity contribution is 7.96. The number of rotatable bonds is 3. The fraction of sp³-hybridized carbons (Fsp3) is 0.250. The molecule has 1 aromatic rings. The lowest BCUT2D eigenvalue weighted by atomic mass is 10.1. The van der Waals surface area contributed by atoms with Crippen LogP contribution >= 0.6 is 0 Å². The van der Waals surface area contributed by atoms with Crippen LogP contribution in [0, 0.1) is 0 Å². The maximum Gasteiger partial charge on any atom is 0.328 e. The topological polar surface area (TPSA) is 95.7 Å². The van der Waals surface area contributed by atoms with Crippen molar-refractivity contribution in [2.75, 3.05) is 14.2 Å². The number of nitrogens with two attached hydrogens (primary N) is 1. The SMILES string of the molecule is COC(=O)C(N)C1=Cc2cc(OC)ccc2S1(=O)=O. The van der Waals surface area contributed by atoms with Crippen LogP contribution in [0.25, 0.3) is 6.08 Å². The highest BCUT2D eigenvalue weighted by Gasteiger charge is 2.36. The molecule has 0 spiro atoms. The van der Waals surface area contributed by atoms with E-state index in [4.69, 9.17) is 10.5 Å². The normalized spacial score (nSPS) is 17.3. The number of benzene rings is 1. The third-order valence-corrected chi connectivity index (χ3v) is 4.82. The molecule has 0 fully saturated rings. The molecule has 6 nitrogen and oxygen atoms in total. The van der Waals surface area contributed by atoms with E-state index in [0.717, 1.165) is 7.11 Å². The van der Waals surface area contributed by atoms with Crippen LogP contribution in [0.2, 0.25) is 0 Å². The molecule has 0 saturated carbocycles. The van der Waals surface area contributed by atoms with Gasteiger partial charge in [0.25, 0.3) is 0 Å². The predicted octanol–water partition coefficient (Wildman–Crippen LogP) is 0.324. The van der Waals surface area contributed by atoms with Crippen molar-refractivity contribution >= 4 is 21.9 Å². The summed E-state index contributed by atoms with van der Waals surface area (Å²) in [4.78, 5) is 11.3. The lowest BCUT2D eigenvalue weighted by Crippen LogP contribution is -2.35. The molecule has 1 unspecified atom stereocenters. The molecule has 19 heavy (non-hydrogen) atoms. The Hall–Kier alpha value is -1.86. The summed E-state index contributed by atoms with van der Waals surface area (Å²) in [7, 11) is -1.11. The van der Waals surface area contributed by atoms with Gasteiger partial charge in [-0.3, -0.25) is 0 Å².